The van der Waals surface area contributed by atoms with Gasteiger partial charge in [0.05, 0.1) is 10.8 Å². The molecule has 2 atom stereocenters. The van der Waals surface area contributed by atoms with E-state index in [1.54, 1.807) is 4.90 Å². The third kappa shape index (κ3) is 2.14. The maximum absolute atomic E-state index is 12.3. The number of carbonyl (C=O) groups is 2. The molecule has 1 aromatic heterocycles. The van der Waals surface area contributed by atoms with Crippen molar-refractivity contribution in [1.82, 2.24) is 4.90 Å². The highest BCUT2D eigenvalue weighted by atomic mass is 32.1. The Bertz CT molecular complexity index is 475. The number of rotatable bonds is 2. The van der Waals surface area contributed by atoms with Crippen LogP contribution in [-0.4, -0.2) is 34.5 Å². The van der Waals surface area contributed by atoms with E-state index in [0.717, 1.165) is 10.4 Å². The maximum atomic E-state index is 12.3. The standard InChI is InChI=1S/C13H17NO3S/c1-7-6-11(18-9(7)3)12(15)14-5-4-10(8(14)2)13(16)17/h6,8,10H,4-5H2,1-3H3,(H,16,17). The maximum Gasteiger partial charge on any atom is 0.308 e. The Morgan fingerprint density at radius 1 is 1.44 bits per heavy atom. The molecule has 0 spiro atoms. The third-order valence-corrected chi connectivity index (χ3v) is 4.85. The number of carboxylic acids is 1. The Morgan fingerprint density at radius 3 is 2.56 bits per heavy atom. The van der Waals surface area contributed by atoms with Crippen molar-refractivity contribution in [3.8, 4) is 0 Å². The summed E-state index contributed by atoms with van der Waals surface area (Å²) in [5.41, 5.74) is 1.12. The van der Waals surface area contributed by atoms with Crippen LogP contribution < -0.4 is 0 Å². The number of amides is 1. The normalized spacial score (nSPS) is 23.4. The highest BCUT2D eigenvalue weighted by Gasteiger charge is 2.38. The summed E-state index contributed by atoms with van der Waals surface area (Å²) in [6, 6.07) is 1.67. The first-order chi connectivity index (χ1) is 8.41. The third-order valence-electron chi connectivity index (χ3n) is 3.71. The summed E-state index contributed by atoms with van der Waals surface area (Å²) in [6.07, 6.45) is 0.547. The van der Waals surface area contributed by atoms with Crippen LogP contribution in [0.15, 0.2) is 6.07 Å². The fourth-order valence-corrected chi connectivity index (χ4v) is 3.37. The molecule has 5 heteroatoms. The minimum atomic E-state index is -0.809. The first-order valence-electron chi connectivity index (χ1n) is 6.02. The van der Waals surface area contributed by atoms with Crippen molar-refractivity contribution < 1.29 is 14.7 Å². The number of hydrogen-bond acceptors (Lipinski definition) is 3. The van der Waals surface area contributed by atoms with Crippen molar-refractivity contribution >= 4 is 23.2 Å². The van der Waals surface area contributed by atoms with Gasteiger partial charge in [-0.05, 0) is 38.8 Å². The van der Waals surface area contributed by atoms with Gasteiger partial charge in [-0.2, -0.15) is 0 Å². The molecule has 4 nitrogen and oxygen atoms in total. The number of aryl methyl sites for hydroxylation is 2. The molecule has 1 aromatic rings. The zero-order valence-electron chi connectivity index (χ0n) is 10.8. The van der Waals surface area contributed by atoms with Gasteiger partial charge < -0.3 is 10.0 Å². The minimum absolute atomic E-state index is 0.0348. The van der Waals surface area contributed by atoms with E-state index in [1.165, 1.54) is 11.3 Å². The minimum Gasteiger partial charge on any atom is -0.481 e. The first kappa shape index (κ1) is 13.1. The van der Waals surface area contributed by atoms with Gasteiger partial charge in [-0.3, -0.25) is 9.59 Å². The lowest BCUT2D eigenvalue weighted by Gasteiger charge is -2.22. The molecule has 0 saturated carbocycles. The van der Waals surface area contributed by atoms with Crippen molar-refractivity contribution in [1.29, 1.82) is 0 Å². The van der Waals surface area contributed by atoms with E-state index in [1.807, 2.05) is 26.8 Å². The lowest BCUT2D eigenvalue weighted by molar-refractivity contribution is -0.142. The van der Waals surface area contributed by atoms with E-state index in [4.69, 9.17) is 5.11 Å². The van der Waals surface area contributed by atoms with Crippen LogP contribution in [-0.2, 0) is 4.79 Å². The SMILES string of the molecule is Cc1cc(C(=O)N2CCC(C(=O)O)C2C)sc1C. The van der Waals surface area contributed by atoms with E-state index in [2.05, 4.69) is 0 Å². The molecular formula is C13H17NO3S. The second-order valence-electron chi connectivity index (χ2n) is 4.82. The molecule has 0 aliphatic carbocycles. The van der Waals surface area contributed by atoms with Gasteiger partial charge in [0.25, 0.3) is 5.91 Å². The molecule has 1 N–H and O–H groups in total. The van der Waals surface area contributed by atoms with Gasteiger partial charge in [-0.25, -0.2) is 0 Å². The largest absolute Gasteiger partial charge is 0.481 e. The number of likely N-dealkylation sites (tertiary alicyclic amines) is 1. The number of thiophene rings is 1. The quantitative estimate of drug-likeness (QED) is 0.894. The molecule has 2 unspecified atom stereocenters. The monoisotopic (exact) mass is 267 g/mol. The number of carboxylic acid groups (broad SMARTS) is 1. The average molecular weight is 267 g/mol. The Morgan fingerprint density at radius 2 is 2.11 bits per heavy atom. The second-order valence-corrected chi connectivity index (χ2v) is 6.08. The summed E-state index contributed by atoms with van der Waals surface area (Å²) >= 11 is 1.48. The molecule has 0 bridgehead atoms. The lowest BCUT2D eigenvalue weighted by atomic mass is 10.0. The fraction of sp³-hybridized carbons (Fsp3) is 0.538. The van der Waals surface area contributed by atoms with E-state index in [0.29, 0.717) is 17.8 Å². The zero-order valence-corrected chi connectivity index (χ0v) is 11.6. The summed E-state index contributed by atoms with van der Waals surface area (Å²) in [5.74, 6) is -1.28. The average Bonchev–Trinajstić information content (AvgIpc) is 2.82. The fourth-order valence-electron chi connectivity index (χ4n) is 2.38. The van der Waals surface area contributed by atoms with Crippen molar-refractivity contribution in [2.75, 3.05) is 6.54 Å². The summed E-state index contributed by atoms with van der Waals surface area (Å²) in [4.78, 5) is 26.9. The van der Waals surface area contributed by atoms with Crippen LogP contribution in [0.1, 0.15) is 33.5 Å². The number of nitrogens with zero attached hydrogens (tertiary/aromatic N) is 1. The summed E-state index contributed by atoms with van der Waals surface area (Å²) in [6.45, 7) is 6.32. The number of aliphatic carboxylic acids is 1. The molecule has 1 aliphatic heterocycles. The summed E-state index contributed by atoms with van der Waals surface area (Å²) in [5, 5.41) is 9.07. The van der Waals surface area contributed by atoms with Crippen LogP contribution in [0.25, 0.3) is 0 Å². The molecule has 0 aromatic carbocycles. The van der Waals surface area contributed by atoms with Gasteiger partial charge in [0.1, 0.15) is 0 Å². The molecule has 98 valence electrons. The van der Waals surface area contributed by atoms with Crippen molar-refractivity contribution in [2.24, 2.45) is 5.92 Å². The molecule has 1 saturated heterocycles. The molecule has 2 rings (SSSR count). The van der Waals surface area contributed by atoms with Gasteiger partial charge in [-0.15, -0.1) is 11.3 Å². The predicted molar refractivity (Wildman–Crippen MR) is 70.0 cm³/mol. The molecular weight excluding hydrogens is 250 g/mol. The van der Waals surface area contributed by atoms with Crippen molar-refractivity contribution in [3.63, 3.8) is 0 Å². The van der Waals surface area contributed by atoms with Gasteiger partial charge in [-0.1, -0.05) is 0 Å². The summed E-state index contributed by atoms with van der Waals surface area (Å²) in [7, 11) is 0. The van der Waals surface area contributed by atoms with Gasteiger partial charge in [0.2, 0.25) is 0 Å². The lowest BCUT2D eigenvalue weighted by Crippen LogP contribution is -2.37. The van der Waals surface area contributed by atoms with E-state index in [9.17, 15) is 9.59 Å². The van der Waals surface area contributed by atoms with Crippen LogP contribution >= 0.6 is 11.3 Å². The molecule has 1 fully saturated rings. The first-order valence-corrected chi connectivity index (χ1v) is 6.84. The molecule has 1 aliphatic rings. The predicted octanol–water partition coefficient (Wildman–Crippen LogP) is 2.30. The van der Waals surface area contributed by atoms with E-state index < -0.39 is 11.9 Å². The van der Waals surface area contributed by atoms with E-state index >= 15 is 0 Å². The Kier molecular flexibility index (Phi) is 3.43. The van der Waals surface area contributed by atoms with E-state index in [-0.39, 0.29) is 11.9 Å². The molecule has 0 radical (unpaired) electrons. The van der Waals surface area contributed by atoms with Gasteiger partial charge in [0.15, 0.2) is 0 Å². The van der Waals surface area contributed by atoms with Crippen LogP contribution in [0, 0.1) is 19.8 Å². The highest BCUT2D eigenvalue weighted by molar-refractivity contribution is 7.14. The van der Waals surface area contributed by atoms with Gasteiger partial charge >= 0.3 is 5.97 Å². The van der Waals surface area contributed by atoms with Crippen LogP contribution in [0.3, 0.4) is 0 Å². The topological polar surface area (TPSA) is 57.6 Å². The summed E-state index contributed by atoms with van der Waals surface area (Å²) < 4.78 is 0. The molecule has 1 amide bonds. The zero-order chi connectivity index (χ0) is 13.4. The smallest absolute Gasteiger partial charge is 0.308 e. The molecule has 18 heavy (non-hydrogen) atoms. The number of carbonyl (C=O) groups excluding carboxylic acids is 1. The second kappa shape index (κ2) is 4.72. The molecule has 2 heterocycles. The highest BCUT2D eigenvalue weighted by Crippen LogP contribution is 2.29. The van der Waals surface area contributed by atoms with Crippen molar-refractivity contribution in [2.45, 2.75) is 33.2 Å². The van der Waals surface area contributed by atoms with Gasteiger partial charge in [0, 0.05) is 17.5 Å². The Hall–Kier alpha value is -1.36. The van der Waals surface area contributed by atoms with Crippen molar-refractivity contribution in [3.05, 3.63) is 21.4 Å². The van der Waals surface area contributed by atoms with Crippen LogP contribution in [0.2, 0.25) is 0 Å². The Balaban J connectivity index is 2.18. The number of hydrogen-bond donors (Lipinski definition) is 1. The Labute approximate surface area is 110 Å². The van der Waals surface area contributed by atoms with Crippen LogP contribution in [0.5, 0.6) is 0 Å². The van der Waals surface area contributed by atoms with Crippen LogP contribution in [0.4, 0.5) is 0 Å².